The molecule has 3 nitrogen and oxygen atoms in total. The van der Waals surface area contributed by atoms with Crippen molar-refractivity contribution < 1.29 is 0 Å². The van der Waals surface area contributed by atoms with Crippen molar-refractivity contribution in [3.63, 3.8) is 0 Å². The van der Waals surface area contributed by atoms with Gasteiger partial charge in [-0.3, -0.25) is 0 Å². The highest BCUT2D eigenvalue weighted by Crippen LogP contribution is 2.31. The van der Waals surface area contributed by atoms with Crippen LogP contribution in [-0.4, -0.2) is 9.55 Å². The van der Waals surface area contributed by atoms with Crippen molar-refractivity contribution in [2.24, 2.45) is 0 Å². The molecule has 0 saturated carbocycles. The average molecular weight is 322 g/mol. The van der Waals surface area contributed by atoms with E-state index in [4.69, 9.17) is 0 Å². The van der Waals surface area contributed by atoms with E-state index in [1.54, 1.807) is 0 Å². The van der Waals surface area contributed by atoms with Crippen LogP contribution in [0.5, 0.6) is 0 Å². The van der Waals surface area contributed by atoms with Crippen LogP contribution >= 0.6 is 15.9 Å². The number of benzene rings is 1. The number of halogens is 1. The lowest BCUT2D eigenvalue weighted by Gasteiger charge is -2.15. The Balaban J connectivity index is 2.42. The molecule has 0 fully saturated rings. The lowest BCUT2D eigenvalue weighted by molar-refractivity contribution is 0.607. The molecule has 0 spiro atoms. The van der Waals surface area contributed by atoms with Crippen LogP contribution in [-0.2, 0) is 0 Å². The van der Waals surface area contributed by atoms with Crippen molar-refractivity contribution in [3.8, 4) is 0 Å². The van der Waals surface area contributed by atoms with Crippen LogP contribution in [0.2, 0.25) is 0 Å². The lowest BCUT2D eigenvalue weighted by atomic mass is 10.1. The first-order valence-corrected chi connectivity index (χ1v) is 7.27. The molecule has 2 aromatic rings. The maximum absolute atomic E-state index is 4.56. The molecule has 0 amide bonds. The van der Waals surface area contributed by atoms with Crippen molar-refractivity contribution in [2.75, 3.05) is 5.32 Å². The molecule has 1 aromatic heterocycles. The molecule has 1 aromatic carbocycles. The van der Waals surface area contributed by atoms with Gasteiger partial charge in [0.05, 0.1) is 11.4 Å². The van der Waals surface area contributed by atoms with Crippen LogP contribution in [0.3, 0.4) is 0 Å². The highest BCUT2D eigenvalue weighted by atomic mass is 79.9. The van der Waals surface area contributed by atoms with Crippen molar-refractivity contribution in [1.82, 2.24) is 9.55 Å². The number of rotatable bonds is 3. The molecule has 1 N–H and O–H groups in total. The summed E-state index contributed by atoms with van der Waals surface area (Å²) in [6.45, 7) is 10.5. The molecule has 2 rings (SSSR count). The maximum Gasteiger partial charge on any atom is 0.207 e. The molecule has 0 radical (unpaired) electrons. The average Bonchev–Trinajstić information content (AvgIpc) is 2.65. The van der Waals surface area contributed by atoms with Gasteiger partial charge in [0.2, 0.25) is 5.95 Å². The molecular weight excluding hydrogens is 302 g/mol. The Kier molecular flexibility index (Phi) is 3.99. The Hall–Kier alpha value is -1.29. The van der Waals surface area contributed by atoms with Crippen molar-refractivity contribution in [3.05, 3.63) is 39.6 Å². The molecule has 1 heterocycles. The zero-order valence-electron chi connectivity index (χ0n) is 12.1. The van der Waals surface area contributed by atoms with E-state index in [1.807, 2.05) is 6.92 Å². The minimum Gasteiger partial charge on any atom is -0.324 e. The highest BCUT2D eigenvalue weighted by Gasteiger charge is 2.12. The number of nitrogens with one attached hydrogen (secondary N) is 1. The molecule has 0 bridgehead atoms. The zero-order valence-corrected chi connectivity index (χ0v) is 13.7. The van der Waals surface area contributed by atoms with E-state index < -0.39 is 0 Å². The van der Waals surface area contributed by atoms with Gasteiger partial charge in [0, 0.05) is 16.7 Å². The molecule has 0 atom stereocenters. The molecule has 4 heteroatoms. The number of aromatic nitrogens is 2. The normalized spacial score (nSPS) is 11.1. The Morgan fingerprint density at radius 3 is 2.47 bits per heavy atom. The fraction of sp³-hybridized carbons (Fsp3) is 0.400. The molecule has 0 aliphatic rings. The Morgan fingerprint density at radius 2 is 1.89 bits per heavy atom. The van der Waals surface area contributed by atoms with Crippen LogP contribution in [0.25, 0.3) is 0 Å². The van der Waals surface area contributed by atoms with Gasteiger partial charge in [0.15, 0.2) is 0 Å². The van der Waals surface area contributed by atoms with E-state index in [9.17, 15) is 0 Å². The van der Waals surface area contributed by atoms with Crippen molar-refractivity contribution in [1.29, 1.82) is 0 Å². The van der Waals surface area contributed by atoms with Gasteiger partial charge in [0.1, 0.15) is 0 Å². The third-order valence-electron chi connectivity index (χ3n) is 3.08. The maximum atomic E-state index is 4.56. The smallest absolute Gasteiger partial charge is 0.207 e. The standard InChI is InChI=1S/C15H20BrN3/c1-9(2)19-8-12(5)17-15(19)18-14-11(4)6-10(3)7-13(14)16/h6-9H,1-5H3,(H,17,18). The largest absolute Gasteiger partial charge is 0.324 e. The van der Waals surface area contributed by atoms with Crippen LogP contribution in [0.4, 0.5) is 11.6 Å². The van der Waals surface area contributed by atoms with Crippen LogP contribution in [0.1, 0.15) is 36.7 Å². The summed E-state index contributed by atoms with van der Waals surface area (Å²) in [5.41, 5.74) is 4.57. The first-order valence-electron chi connectivity index (χ1n) is 6.47. The van der Waals surface area contributed by atoms with Crippen LogP contribution in [0, 0.1) is 20.8 Å². The van der Waals surface area contributed by atoms with E-state index >= 15 is 0 Å². The predicted molar refractivity (Wildman–Crippen MR) is 84.2 cm³/mol. The summed E-state index contributed by atoms with van der Waals surface area (Å²) >= 11 is 3.62. The summed E-state index contributed by atoms with van der Waals surface area (Å²) in [7, 11) is 0. The fourth-order valence-electron chi connectivity index (χ4n) is 2.19. The summed E-state index contributed by atoms with van der Waals surface area (Å²) in [5.74, 6) is 0.889. The van der Waals surface area contributed by atoms with Crippen LogP contribution in [0.15, 0.2) is 22.8 Å². The number of imidazole rings is 1. The Morgan fingerprint density at radius 1 is 1.21 bits per heavy atom. The SMILES string of the molecule is Cc1cc(C)c(Nc2nc(C)cn2C(C)C)c(Br)c1. The number of hydrogen-bond acceptors (Lipinski definition) is 2. The summed E-state index contributed by atoms with van der Waals surface area (Å²) in [6.07, 6.45) is 2.07. The lowest BCUT2D eigenvalue weighted by Crippen LogP contribution is -2.06. The van der Waals surface area contributed by atoms with Gasteiger partial charge in [0.25, 0.3) is 0 Å². The fourth-order valence-corrected chi connectivity index (χ4v) is 2.96. The molecule has 0 aliphatic carbocycles. The van der Waals surface area contributed by atoms with Gasteiger partial charge in [-0.15, -0.1) is 0 Å². The van der Waals surface area contributed by atoms with Crippen LogP contribution < -0.4 is 5.32 Å². The predicted octanol–water partition coefficient (Wildman–Crippen LogP) is 4.90. The summed E-state index contributed by atoms with van der Waals surface area (Å²) in [4.78, 5) is 4.56. The second kappa shape index (κ2) is 5.37. The van der Waals surface area contributed by atoms with Gasteiger partial charge >= 0.3 is 0 Å². The topological polar surface area (TPSA) is 29.9 Å². The second-order valence-corrected chi connectivity index (χ2v) is 6.12. The number of anilines is 2. The number of hydrogen-bond donors (Lipinski definition) is 1. The van der Waals surface area contributed by atoms with E-state index in [-0.39, 0.29) is 0 Å². The van der Waals surface area contributed by atoms with Crippen molar-refractivity contribution in [2.45, 2.75) is 40.7 Å². The zero-order chi connectivity index (χ0) is 14.2. The quantitative estimate of drug-likeness (QED) is 0.871. The summed E-state index contributed by atoms with van der Waals surface area (Å²) in [5, 5.41) is 3.44. The second-order valence-electron chi connectivity index (χ2n) is 5.27. The number of aryl methyl sites for hydroxylation is 3. The minimum atomic E-state index is 0.383. The minimum absolute atomic E-state index is 0.383. The van der Waals surface area contributed by atoms with Gasteiger partial charge in [-0.1, -0.05) is 6.07 Å². The van der Waals surface area contributed by atoms with E-state index in [2.05, 4.69) is 76.8 Å². The van der Waals surface area contributed by atoms with E-state index in [0.717, 1.165) is 21.8 Å². The molecule has 19 heavy (non-hydrogen) atoms. The van der Waals surface area contributed by atoms with Crippen molar-refractivity contribution >= 4 is 27.6 Å². The summed E-state index contributed by atoms with van der Waals surface area (Å²) in [6, 6.07) is 4.67. The van der Waals surface area contributed by atoms with E-state index in [1.165, 1.54) is 11.1 Å². The Labute approximate surface area is 123 Å². The number of nitrogens with zero attached hydrogens (tertiary/aromatic N) is 2. The highest BCUT2D eigenvalue weighted by molar-refractivity contribution is 9.10. The van der Waals surface area contributed by atoms with E-state index in [0.29, 0.717) is 6.04 Å². The molecule has 102 valence electrons. The third-order valence-corrected chi connectivity index (χ3v) is 3.70. The molecular formula is C15H20BrN3. The summed E-state index contributed by atoms with van der Waals surface area (Å²) < 4.78 is 3.22. The monoisotopic (exact) mass is 321 g/mol. The first-order chi connectivity index (χ1) is 8.88. The molecule has 0 unspecified atom stereocenters. The first kappa shape index (κ1) is 14.1. The molecule has 0 aliphatic heterocycles. The van der Waals surface area contributed by atoms with Gasteiger partial charge in [-0.2, -0.15) is 0 Å². The third kappa shape index (κ3) is 3.00. The Bertz CT molecular complexity index is 576. The van der Waals surface area contributed by atoms with Gasteiger partial charge < -0.3 is 9.88 Å². The molecule has 0 saturated heterocycles. The van der Waals surface area contributed by atoms with Gasteiger partial charge in [-0.25, -0.2) is 4.98 Å². The van der Waals surface area contributed by atoms with Gasteiger partial charge in [-0.05, 0) is 67.7 Å².